The lowest BCUT2D eigenvalue weighted by Crippen LogP contribution is -1.91. The Morgan fingerprint density at radius 1 is 1.47 bits per heavy atom. The molecule has 1 aromatic heterocycles. The van der Waals surface area contributed by atoms with E-state index in [4.69, 9.17) is 4.74 Å². The third-order valence-electron chi connectivity index (χ3n) is 2.58. The van der Waals surface area contributed by atoms with Crippen LogP contribution in [0.2, 0.25) is 0 Å². The number of carbonyl (C=O) groups is 1. The summed E-state index contributed by atoms with van der Waals surface area (Å²) in [6, 6.07) is 5.96. The van der Waals surface area contributed by atoms with Crippen LogP contribution < -0.4 is 4.74 Å². The third kappa shape index (κ3) is 2.36. The van der Waals surface area contributed by atoms with Crippen LogP contribution in [0.3, 0.4) is 0 Å². The van der Waals surface area contributed by atoms with E-state index in [1.54, 1.807) is 7.11 Å². The van der Waals surface area contributed by atoms with E-state index in [-0.39, 0.29) is 0 Å². The van der Waals surface area contributed by atoms with Gasteiger partial charge in [-0.3, -0.25) is 4.79 Å². The predicted octanol–water partition coefficient (Wildman–Crippen LogP) is 3.19. The highest BCUT2D eigenvalue weighted by atomic mass is 32.1. The van der Waals surface area contributed by atoms with E-state index in [1.165, 1.54) is 11.3 Å². The first kappa shape index (κ1) is 11.8. The van der Waals surface area contributed by atoms with Crippen LogP contribution in [0.5, 0.6) is 5.75 Å². The molecule has 0 radical (unpaired) electrons. The highest BCUT2D eigenvalue weighted by molar-refractivity contribution is 7.11. The standard InChI is InChI=1S/C13H13NO2S/c1-3-9-6-10(4-5-12(9)16-2)11-8-17-13(7-15)14-11/h4-8H,3H2,1-2H3. The molecule has 0 saturated carbocycles. The summed E-state index contributed by atoms with van der Waals surface area (Å²) >= 11 is 1.36. The number of aryl methyl sites for hydroxylation is 1. The number of hydrogen-bond donors (Lipinski definition) is 0. The summed E-state index contributed by atoms with van der Waals surface area (Å²) in [5.74, 6) is 0.891. The highest BCUT2D eigenvalue weighted by Crippen LogP contribution is 2.27. The van der Waals surface area contributed by atoms with E-state index >= 15 is 0 Å². The summed E-state index contributed by atoms with van der Waals surface area (Å²) in [6.45, 7) is 2.08. The molecule has 0 aliphatic rings. The van der Waals surface area contributed by atoms with Crippen molar-refractivity contribution in [1.29, 1.82) is 0 Å². The molecule has 0 atom stereocenters. The molecule has 0 N–H and O–H groups in total. The first-order valence-corrected chi connectivity index (χ1v) is 6.24. The van der Waals surface area contributed by atoms with Crippen molar-refractivity contribution in [1.82, 2.24) is 4.98 Å². The van der Waals surface area contributed by atoms with Crippen molar-refractivity contribution < 1.29 is 9.53 Å². The van der Waals surface area contributed by atoms with Crippen LogP contribution in [0.4, 0.5) is 0 Å². The highest BCUT2D eigenvalue weighted by Gasteiger charge is 2.07. The normalized spacial score (nSPS) is 10.2. The van der Waals surface area contributed by atoms with Crippen molar-refractivity contribution in [3.8, 4) is 17.0 Å². The predicted molar refractivity (Wildman–Crippen MR) is 68.9 cm³/mol. The number of ether oxygens (including phenoxy) is 1. The van der Waals surface area contributed by atoms with Gasteiger partial charge in [0.2, 0.25) is 0 Å². The second kappa shape index (κ2) is 5.10. The molecule has 0 aliphatic carbocycles. The summed E-state index contributed by atoms with van der Waals surface area (Å²) in [5.41, 5.74) is 3.01. The molecule has 1 aromatic carbocycles. The summed E-state index contributed by atoms with van der Waals surface area (Å²) in [4.78, 5) is 14.8. The number of aromatic nitrogens is 1. The van der Waals surface area contributed by atoms with Crippen molar-refractivity contribution in [2.75, 3.05) is 7.11 Å². The summed E-state index contributed by atoms with van der Waals surface area (Å²) in [5, 5.41) is 2.40. The Bertz CT molecular complexity index is 534. The molecule has 0 saturated heterocycles. The second-order valence-electron chi connectivity index (χ2n) is 3.57. The minimum atomic E-state index is 0.508. The second-order valence-corrected chi connectivity index (χ2v) is 4.46. The Balaban J connectivity index is 2.42. The molecule has 2 rings (SSSR count). The largest absolute Gasteiger partial charge is 0.496 e. The average molecular weight is 247 g/mol. The zero-order chi connectivity index (χ0) is 12.3. The zero-order valence-electron chi connectivity index (χ0n) is 9.77. The van der Waals surface area contributed by atoms with Crippen molar-refractivity contribution in [3.63, 3.8) is 0 Å². The Hall–Kier alpha value is -1.68. The Kier molecular flexibility index (Phi) is 3.54. The maximum Gasteiger partial charge on any atom is 0.178 e. The van der Waals surface area contributed by atoms with E-state index in [9.17, 15) is 4.79 Å². The van der Waals surface area contributed by atoms with E-state index in [0.29, 0.717) is 5.01 Å². The summed E-state index contributed by atoms with van der Waals surface area (Å²) in [6.07, 6.45) is 1.68. The van der Waals surface area contributed by atoms with Gasteiger partial charge < -0.3 is 4.74 Å². The first-order chi connectivity index (χ1) is 8.28. The van der Waals surface area contributed by atoms with Crippen LogP contribution in [0.25, 0.3) is 11.3 Å². The van der Waals surface area contributed by atoms with Gasteiger partial charge in [0.1, 0.15) is 5.75 Å². The fourth-order valence-electron chi connectivity index (χ4n) is 1.69. The van der Waals surface area contributed by atoms with Gasteiger partial charge in [0.25, 0.3) is 0 Å². The van der Waals surface area contributed by atoms with E-state index in [1.807, 2.05) is 17.5 Å². The number of nitrogens with zero attached hydrogens (tertiary/aromatic N) is 1. The average Bonchev–Trinajstić information content (AvgIpc) is 2.86. The van der Waals surface area contributed by atoms with Gasteiger partial charge in [0, 0.05) is 10.9 Å². The lowest BCUT2D eigenvalue weighted by molar-refractivity contribution is 0.112. The lowest BCUT2D eigenvalue weighted by atomic mass is 10.1. The van der Waals surface area contributed by atoms with Crippen LogP contribution in [-0.4, -0.2) is 18.4 Å². The quantitative estimate of drug-likeness (QED) is 0.779. The van der Waals surface area contributed by atoms with Crippen molar-refractivity contribution in [2.45, 2.75) is 13.3 Å². The molecule has 0 unspecified atom stereocenters. The SMILES string of the molecule is CCc1cc(-c2csc(C=O)n2)ccc1OC. The van der Waals surface area contributed by atoms with Gasteiger partial charge in [-0.25, -0.2) is 4.98 Å². The number of aldehydes is 1. The van der Waals surface area contributed by atoms with Gasteiger partial charge in [0.05, 0.1) is 12.8 Å². The molecule has 0 amide bonds. The maximum absolute atomic E-state index is 10.6. The van der Waals surface area contributed by atoms with E-state index < -0.39 is 0 Å². The molecular formula is C13H13NO2S. The molecular weight excluding hydrogens is 234 g/mol. The summed E-state index contributed by atoms with van der Waals surface area (Å²) in [7, 11) is 1.67. The molecule has 0 aliphatic heterocycles. The molecule has 0 fully saturated rings. The fourth-order valence-corrected chi connectivity index (χ4v) is 2.32. The molecule has 1 heterocycles. The van der Waals surface area contributed by atoms with Gasteiger partial charge in [-0.1, -0.05) is 6.92 Å². The fraction of sp³-hybridized carbons (Fsp3) is 0.231. The Morgan fingerprint density at radius 2 is 2.29 bits per heavy atom. The van der Waals surface area contributed by atoms with Gasteiger partial charge in [-0.05, 0) is 30.2 Å². The minimum Gasteiger partial charge on any atom is -0.496 e. The van der Waals surface area contributed by atoms with Gasteiger partial charge in [-0.15, -0.1) is 11.3 Å². The van der Waals surface area contributed by atoms with Gasteiger partial charge in [0.15, 0.2) is 11.3 Å². The molecule has 2 aromatic rings. The number of benzene rings is 1. The molecule has 88 valence electrons. The molecule has 17 heavy (non-hydrogen) atoms. The van der Waals surface area contributed by atoms with Gasteiger partial charge >= 0.3 is 0 Å². The van der Waals surface area contributed by atoms with Gasteiger partial charge in [-0.2, -0.15) is 0 Å². The van der Waals surface area contributed by atoms with Crippen LogP contribution in [0, 0.1) is 0 Å². The number of carbonyl (C=O) groups excluding carboxylic acids is 1. The van der Waals surface area contributed by atoms with Crippen LogP contribution in [0.15, 0.2) is 23.6 Å². The molecule has 3 nitrogen and oxygen atoms in total. The minimum absolute atomic E-state index is 0.508. The number of hydrogen-bond acceptors (Lipinski definition) is 4. The lowest BCUT2D eigenvalue weighted by Gasteiger charge is -2.07. The molecule has 4 heteroatoms. The monoisotopic (exact) mass is 247 g/mol. The maximum atomic E-state index is 10.6. The topological polar surface area (TPSA) is 39.2 Å². The molecule has 0 spiro atoms. The van der Waals surface area contributed by atoms with Crippen LogP contribution in [0.1, 0.15) is 22.3 Å². The van der Waals surface area contributed by atoms with E-state index in [2.05, 4.69) is 18.0 Å². The number of methoxy groups -OCH3 is 1. The van der Waals surface area contributed by atoms with Crippen molar-refractivity contribution in [2.24, 2.45) is 0 Å². The van der Waals surface area contributed by atoms with Crippen LogP contribution in [-0.2, 0) is 6.42 Å². The number of thiazole rings is 1. The summed E-state index contributed by atoms with van der Waals surface area (Å²) < 4.78 is 5.28. The Morgan fingerprint density at radius 3 is 2.88 bits per heavy atom. The van der Waals surface area contributed by atoms with E-state index in [0.717, 1.165) is 35.3 Å². The number of rotatable bonds is 4. The van der Waals surface area contributed by atoms with Crippen molar-refractivity contribution >= 4 is 17.6 Å². The Labute approximate surface area is 104 Å². The first-order valence-electron chi connectivity index (χ1n) is 5.36. The third-order valence-corrected chi connectivity index (χ3v) is 3.35. The zero-order valence-corrected chi connectivity index (χ0v) is 10.6. The van der Waals surface area contributed by atoms with Crippen molar-refractivity contribution in [3.05, 3.63) is 34.2 Å². The molecule has 0 bridgehead atoms. The smallest absolute Gasteiger partial charge is 0.178 e. The van der Waals surface area contributed by atoms with Crippen LogP contribution >= 0.6 is 11.3 Å².